The Labute approximate surface area is 57.7 Å². The molecular weight excluding hydrogens is 136 g/mol. The molecule has 0 fully saturated rings. The van der Waals surface area contributed by atoms with E-state index in [1.54, 1.807) is 0 Å². The topological polar surface area (TPSA) is 103 Å². The van der Waals surface area contributed by atoms with E-state index in [0.717, 1.165) is 0 Å². The molecular formula is C5H8N2O3. The molecule has 0 rings (SSSR count). The van der Waals surface area contributed by atoms with Crippen LogP contribution in [-0.4, -0.2) is 17.8 Å². The smallest absolute Gasteiger partial charge is 0.226 e. The third kappa shape index (κ3) is 32.5. The van der Waals surface area contributed by atoms with Gasteiger partial charge in [0, 0.05) is 0 Å². The molecule has 0 aliphatic rings. The van der Waals surface area contributed by atoms with Crippen LogP contribution in [0, 0.1) is 0 Å². The number of carbonyl (C=O) groups is 2. The maximum Gasteiger partial charge on any atom is 0.226 e. The van der Waals surface area contributed by atoms with Crippen LogP contribution in [0.2, 0.25) is 0 Å². The lowest BCUT2D eigenvalue weighted by molar-refractivity contribution is -0.125. The fourth-order valence-electron chi connectivity index (χ4n) is 0.172. The molecule has 5 heteroatoms. The summed E-state index contributed by atoms with van der Waals surface area (Å²) in [6, 6.07) is 0. The molecule has 0 saturated carbocycles. The maximum atomic E-state index is 9.73. The van der Waals surface area contributed by atoms with Crippen LogP contribution >= 0.6 is 0 Å². The van der Waals surface area contributed by atoms with E-state index in [0.29, 0.717) is 0 Å². The van der Waals surface area contributed by atoms with Crippen molar-refractivity contribution in [3.63, 3.8) is 0 Å². The molecule has 0 bridgehead atoms. The summed E-state index contributed by atoms with van der Waals surface area (Å²) in [5.74, 6) is -0.125. The molecule has 0 spiro atoms. The molecule has 56 valence electrons. The predicted molar refractivity (Wildman–Crippen MR) is 34.3 cm³/mol. The molecule has 0 aliphatic heterocycles. The first kappa shape index (κ1) is 11.2. The van der Waals surface area contributed by atoms with E-state index in [1.807, 2.05) is 0 Å². The summed E-state index contributed by atoms with van der Waals surface area (Å²) in [7, 11) is 0. The van der Waals surface area contributed by atoms with Crippen LogP contribution < -0.4 is 11.5 Å². The Bertz CT molecular complexity index is 146. The van der Waals surface area contributed by atoms with Gasteiger partial charge in [0.2, 0.25) is 11.8 Å². The molecule has 0 aromatic carbocycles. The summed E-state index contributed by atoms with van der Waals surface area (Å²) in [6.07, 6.45) is -0.361. The minimum atomic E-state index is -0.687. The lowest BCUT2D eigenvalue weighted by Crippen LogP contribution is -2.21. The van der Waals surface area contributed by atoms with Crippen LogP contribution in [0.4, 0.5) is 0 Å². The van der Waals surface area contributed by atoms with E-state index in [9.17, 15) is 9.59 Å². The van der Waals surface area contributed by atoms with Crippen molar-refractivity contribution in [1.29, 1.82) is 0 Å². The predicted octanol–water partition coefficient (Wildman–Crippen LogP) is -1.65. The molecule has 0 unspecified atom stereocenters. The second-order valence-electron chi connectivity index (χ2n) is 1.25. The molecule has 0 atom stereocenters. The lowest BCUT2D eigenvalue weighted by Gasteiger charge is -1.82. The largest absolute Gasteiger partial charge is 0.369 e. The first-order valence-corrected chi connectivity index (χ1v) is 2.25. The van der Waals surface area contributed by atoms with E-state index < -0.39 is 11.8 Å². The summed E-state index contributed by atoms with van der Waals surface area (Å²) in [5, 5.41) is 0. The second kappa shape index (κ2) is 7.39. The molecule has 10 heavy (non-hydrogen) atoms. The zero-order valence-electron chi connectivity index (χ0n) is 5.29. The highest BCUT2D eigenvalue weighted by Gasteiger charge is 1.96. The fourth-order valence-corrected chi connectivity index (χ4v) is 0.172. The number of hydrogen-bond acceptors (Lipinski definition) is 3. The number of nitrogens with two attached hydrogens (primary N) is 2. The minimum Gasteiger partial charge on any atom is -0.369 e. The molecule has 0 saturated heterocycles. The summed E-state index contributed by atoms with van der Waals surface area (Å²) < 4.78 is 0. The third-order valence-corrected chi connectivity index (χ3v) is 0.348. The van der Waals surface area contributed by atoms with Crippen LogP contribution in [0.5, 0.6) is 0 Å². The average Bonchev–Trinajstić information content (AvgIpc) is 1.62. The number of rotatable bonds is 2. The molecule has 4 N–H and O–H groups in total. The monoisotopic (exact) mass is 144 g/mol. The van der Waals surface area contributed by atoms with E-state index in [-0.39, 0.29) is 6.42 Å². The second-order valence-corrected chi connectivity index (χ2v) is 1.25. The quantitative estimate of drug-likeness (QED) is 0.358. The van der Waals surface area contributed by atoms with Crippen molar-refractivity contribution in [3.8, 4) is 0 Å². The van der Waals surface area contributed by atoms with Gasteiger partial charge in [-0.05, 0) is 6.58 Å². The van der Waals surface area contributed by atoms with Gasteiger partial charge in [-0.2, -0.15) is 0 Å². The van der Waals surface area contributed by atoms with Crippen molar-refractivity contribution in [3.05, 3.63) is 6.58 Å². The van der Waals surface area contributed by atoms with E-state index in [4.69, 9.17) is 4.79 Å². The van der Waals surface area contributed by atoms with Gasteiger partial charge in [-0.3, -0.25) is 9.59 Å². The van der Waals surface area contributed by atoms with Gasteiger partial charge in [-0.25, -0.2) is 4.79 Å². The van der Waals surface area contributed by atoms with Crippen molar-refractivity contribution < 1.29 is 14.4 Å². The van der Waals surface area contributed by atoms with Crippen LogP contribution in [0.15, 0.2) is 6.58 Å². The number of hydrogen-bond donors (Lipinski definition) is 2. The summed E-state index contributed by atoms with van der Waals surface area (Å²) in [4.78, 5) is 28.0. The first-order valence-electron chi connectivity index (χ1n) is 2.25. The Morgan fingerprint density at radius 1 is 1.30 bits per heavy atom. The molecule has 0 heterocycles. The Morgan fingerprint density at radius 3 is 1.50 bits per heavy atom. The van der Waals surface area contributed by atoms with Gasteiger partial charge in [0.15, 0.2) is 0 Å². The van der Waals surface area contributed by atoms with Crippen LogP contribution in [0.3, 0.4) is 0 Å². The third-order valence-electron chi connectivity index (χ3n) is 0.348. The van der Waals surface area contributed by atoms with Gasteiger partial charge in [0.05, 0.1) is 0 Å². The average molecular weight is 144 g/mol. The first-order chi connectivity index (χ1) is 4.54. The standard InChI is InChI=1S/C3H6N2O2.C2H2O/c4-2(6)1-3(5)7;1-2-3/h1H2,(H2,4,6)(H2,5,7);1H2. The van der Waals surface area contributed by atoms with E-state index in [2.05, 4.69) is 18.0 Å². The van der Waals surface area contributed by atoms with Crippen molar-refractivity contribution in [2.75, 3.05) is 0 Å². The van der Waals surface area contributed by atoms with Crippen LogP contribution in [0.1, 0.15) is 6.42 Å². The Kier molecular flexibility index (Phi) is 8.29. The molecule has 2 amide bonds. The van der Waals surface area contributed by atoms with Crippen molar-refractivity contribution >= 4 is 17.8 Å². The molecule has 0 radical (unpaired) electrons. The van der Waals surface area contributed by atoms with Gasteiger partial charge in [-0.15, -0.1) is 0 Å². The van der Waals surface area contributed by atoms with Gasteiger partial charge in [0.1, 0.15) is 12.4 Å². The SMILES string of the molecule is C=C=O.NC(=O)CC(N)=O. The van der Waals surface area contributed by atoms with Gasteiger partial charge >= 0.3 is 0 Å². The Morgan fingerprint density at radius 2 is 1.50 bits per heavy atom. The normalized spacial score (nSPS) is 6.40. The van der Waals surface area contributed by atoms with E-state index >= 15 is 0 Å². The highest BCUT2D eigenvalue weighted by Crippen LogP contribution is 1.68. The van der Waals surface area contributed by atoms with Gasteiger partial charge in [0.25, 0.3) is 0 Å². The Hall–Kier alpha value is -1.61. The number of primary amides is 2. The van der Waals surface area contributed by atoms with Crippen LogP contribution in [-0.2, 0) is 14.4 Å². The molecule has 0 aromatic rings. The zero-order valence-corrected chi connectivity index (χ0v) is 5.29. The number of carbonyl (C=O) groups excluding carboxylic acids is 3. The lowest BCUT2D eigenvalue weighted by atomic mass is 10.4. The highest BCUT2D eigenvalue weighted by molar-refractivity contribution is 5.95. The molecule has 0 aliphatic carbocycles. The van der Waals surface area contributed by atoms with Crippen LogP contribution in [0.25, 0.3) is 0 Å². The van der Waals surface area contributed by atoms with Gasteiger partial charge in [-0.1, -0.05) is 0 Å². The fraction of sp³-hybridized carbons (Fsp3) is 0.200. The number of amides is 2. The van der Waals surface area contributed by atoms with Crippen molar-refractivity contribution in [1.82, 2.24) is 0 Å². The maximum absolute atomic E-state index is 9.73. The Balaban J connectivity index is 0. The summed E-state index contributed by atoms with van der Waals surface area (Å²) in [6.45, 7) is 2.68. The molecule has 0 aromatic heterocycles. The summed E-state index contributed by atoms with van der Waals surface area (Å²) >= 11 is 0. The van der Waals surface area contributed by atoms with Gasteiger partial charge < -0.3 is 11.5 Å². The highest BCUT2D eigenvalue weighted by atomic mass is 16.2. The zero-order chi connectivity index (χ0) is 8.57. The van der Waals surface area contributed by atoms with E-state index in [1.165, 1.54) is 5.94 Å². The minimum absolute atomic E-state index is 0.361. The van der Waals surface area contributed by atoms with Crippen molar-refractivity contribution in [2.24, 2.45) is 11.5 Å². The van der Waals surface area contributed by atoms with Crippen molar-refractivity contribution in [2.45, 2.75) is 6.42 Å². The summed E-state index contributed by atoms with van der Waals surface area (Å²) in [5.41, 5.74) is 9.11. The molecule has 5 nitrogen and oxygen atoms in total.